The fourth-order valence-corrected chi connectivity index (χ4v) is 4.74. The highest BCUT2D eigenvalue weighted by Crippen LogP contribution is 2.16. The molecule has 0 aliphatic rings. The smallest absolute Gasteiger partial charge is 0.310 e. The second kappa shape index (κ2) is 20.5. The lowest BCUT2D eigenvalue weighted by Crippen LogP contribution is -2.30. The molecule has 0 heterocycles. The third kappa shape index (κ3) is 14.2. The monoisotopic (exact) mass is 688 g/mol. The van der Waals surface area contributed by atoms with Crippen molar-refractivity contribution < 1.29 is 38.0 Å². The Hall–Kier alpha value is -6.02. The number of hydrogen-bond acceptors (Lipinski definition) is 8. The summed E-state index contributed by atoms with van der Waals surface area (Å²) >= 11 is 0. The van der Waals surface area contributed by atoms with Gasteiger partial charge in [0.15, 0.2) is 12.2 Å². The van der Waals surface area contributed by atoms with Crippen LogP contribution in [0.2, 0.25) is 0 Å². The summed E-state index contributed by atoms with van der Waals surface area (Å²) in [6, 6.07) is 34.2. The van der Waals surface area contributed by atoms with E-state index in [9.17, 15) is 9.59 Å². The van der Waals surface area contributed by atoms with E-state index >= 15 is 0 Å². The van der Waals surface area contributed by atoms with Crippen molar-refractivity contribution in [1.29, 1.82) is 0 Å². The summed E-state index contributed by atoms with van der Waals surface area (Å²) in [6.45, 7) is 15.2. The van der Waals surface area contributed by atoms with E-state index in [-0.39, 0.29) is 39.3 Å². The molecule has 0 amide bonds. The first-order chi connectivity index (χ1) is 24.8. The van der Waals surface area contributed by atoms with Crippen molar-refractivity contribution in [3.8, 4) is 11.5 Å². The maximum Gasteiger partial charge on any atom is 0.310 e. The number of para-hydroxylation sites is 2. The van der Waals surface area contributed by atoms with Gasteiger partial charge in [0, 0.05) is 0 Å². The van der Waals surface area contributed by atoms with Crippen molar-refractivity contribution in [1.82, 2.24) is 0 Å². The van der Waals surface area contributed by atoms with E-state index in [0.29, 0.717) is 29.4 Å². The van der Waals surface area contributed by atoms with Crippen LogP contribution in [0.1, 0.15) is 22.3 Å². The van der Waals surface area contributed by atoms with Crippen LogP contribution in [0, 0.1) is 0 Å². The largest absolute Gasteiger partial charge is 0.490 e. The minimum absolute atomic E-state index is 0.0914. The van der Waals surface area contributed by atoms with Gasteiger partial charge in [-0.2, -0.15) is 0 Å². The first-order valence-electron chi connectivity index (χ1n) is 16.6. The Morgan fingerprint density at radius 2 is 0.863 bits per heavy atom. The fraction of sp³-hybridized carbons (Fsp3) is 0.209. The normalized spacial score (nSPS) is 11.6. The molecule has 0 bridgehead atoms. The van der Waals surface area contributed by atoms with Crippen LogP contribution in [0.15, 0.2) is 159 Å². The van der Waals surface area contributed by atoms with Crippen molar-refractivity contribution in [2.75, 3.05) is 26.4 Å². The predicted molar refractivity (Wildman–Crippen MR) is 197 cm³/mol. The molecule has 4 aromatic rings. The molecule has 0 N–H and O–H groups in total. The van der Waals surface area contributed by atoms with E-state index in [2.05, 4.69) is 26.3 Å². The van der Waals surface area contributed by atoms with Gasteiger partial charge in [-0.3, -0.25) is 9.59 Å². The van der Waals surface area contributed by atoms with Gasteiger partial charge >= 0.3 is 11.9 Å². The third-order valence-corrected chi connectivity index (χ3v) is 7.47. The molecule has 51 heavy (non-hydrogen) atoms. The van der Waals surface area contributed by atoms with Crippen molar-refractivity contribution in [2.45, 2.75) is 31.5 Å². The SMILES string of the molecule is C=CC(=C)OCC(COc1ccccc1)OC(=O)Cc1ccc(Cc2ccc(CC(=O)OC(COC(=C)C=C)COc3ccccc3)cc2)cc1. The Balaban J connectivity index is 1.25. The zero-order valence-corrected chi connectivity index (χ0v) is 28.7. The van der Waals surface area contributed by atoms with Crippen LogP contribution < -0.4 is 9.47 Å². The van der Waals surface area contributed by atoms with E-state index in [1.165, 1.54) is 12.2 Å². The predicted octanol–water partition coefficient (Wildman–Crippen LogP) is 7.78. The molecule has 0 aliphatic heterocycles. The first-order valence-corrected chi connectivity index (χ1v) is 16.6. The summed E-state index contributed by atoms with van der Waals surface area (Å²) in [4.78, 5) is 25.7. The van der Waals surface area contributed by atoms with Crippen LogP contribution in [-0.2, 0) is 47.8 Å². The van der Waals surface area contributed by atoms with Gasteiger partial charge in [-0.15, -0.1) is 0 Å². The molecular formula is C43H44O8. The minimum Gasteiger partial charge on any atom is -0.490 e. The van der Waals surface area contributed by atoms with E-state index < -0.39 is 24.1 Å². The number of carbonyl (C=O) groups excluding carboxylic acids is 2. The van der Waals surface area contributed by atoms with Crippen molar-refractivity contribution >= 4 is 11.9 Å². The second-order valence-corrected chi connectivity index (χ2v) is 11.6. The molecule has 4 aromatic carbocycles. The van der Waals surface area contributed by atoms with E-state index in [1.54, 1.807) is 0 Å². The van der Waals surface area contributed by atoms with Crippen LogP contribution in [0.4, 0.5) is 0 Å². The average Bonchev–Trinajstić information content (AvgIpc) is 3.15. The third-order valence-electron chi connectivity index (χ3n) is 7.47. The molecule has 0 spiro atoms. The van der Waals surface area contributed by atoms with Crippen molar-refractivity contribution in [3.63, 3.8) is 0 Å². The molecule has 0 saturated heterocycles. The average molecular weight is 689 g/mol. The topological polar surface area (TPSA) is 89.5 Å². The van der Waals surface area contributed by atoms with E-state index in [1.807, 2.05) is 109 Å². The fourth-order valence-electron chi connectivity index (χ4n) is 4.74. The molecule has 0 aliphatic carbocycles. The van der Waals surface area contributed by atoms with Gasteiger partial charge in [-0.05, 0) is 65.1 Å². The van der Waals surface area contributed by atoms with Crippen molar-refractivity contribution in [3.05, 3.63) is 181 Å². The van der Waals surface area contributed by atoms with Crippen LogP contribution in [0.5, 0.6) is 11.5 Å². The van der Waals surface area contributed by atoms with Crippen LogP contribution >= 0.6 is 0 Å². The van der Waals surface area contributed by atoms with Crippen LogP contribution in [0.3, 0.4) is 0 Å². The van der Waals surface area contributed by atoms with Gasteiger partial charge in [0.2, 0.25) is 0 Å². The van der Waals surface area contributed by atoms with E-state index in [4.69, 9.17) is 28.4 Å². The highest BCUT2D eigenvalue weighted by molar-refractivity contribution is 5.73. The second-order valence-electron chi connectivity index (χ2n) is 11.6. The summed E-state index contributed by atoms with van der Waals surface area (Å²) < 4.78 is 34.1. The lowest BCUT2D eigenvalue weighted by atomic mass is 10.0. The number of allylic oxidation sites excluding steroid dienone is 2. The molecule has 8 heteroatoms. The maximum atomic E-state index is 12.8. The number of ether oxygens (including phenoxy) is 6. The Morgan fingerprint density at radius 1 is 0.510 bits per heavy atom. The number of hydrogen-bond donors (Lipinski definition) is 0. The molecule has 0 radical (unpaired) electrons. The number of esters is 2. The lowest BCUT2D eigenvalue weighted by Gasteiger charge is -2.19. The van der Waals surface area contributed by atoms with Gasteiger partial charge in [-0.1, -0.05) is 111 Å². The molecule has 0 fully saturated rings. The molecule has 0 aromatic heterocycles. The van der Waals surface area contributed by atoms with Gasteiger partial charge in [-0.25, -0.2) is 0 Å². The summed E-state index contributed by atoms with van der Waals surface area (Å²) in [5, 5.41) is 0. The zero-order valence-electron chi connectivity index (χ0n) is 28.7. The van der Waals surface area contributed by atoms with Gasteiger partial charge in [0.05, 0.1) is 12.8 Å². The van der Waals surface area contributed by atoms with Crippen molar-refractivity contribution in [2.24, 2.45) is 0 Å². The van der Waals surface area contributed by atoms with E-state index in [0.717, 1.165) is 22.3 Å². The first kappa shape index (κ1) is 37.8. The molecule has 264 valence electrons. The summed E-state index contributed by atoms with van der Waals surface area (Å²) in [7, 11) is 0. The molecule has 2 atom stereocenters. The van der Waals surface area contributed by atoms with Gasteiger partial charge in [0.1, 0.15) is 49.4 Å². The lowest BCUT2D eigenvalue weighted by molar-refractivity contribution is -0.153. The Morgan fingerprint density at radius 3 is 1.22 bits per heavy atom. The maximum absolute atomic E-state index is 12.8. The zero-order chi connectivity index (χ0) is 36.3. The quantitative estimate of drug-likeness (QED) is 0.0470. The molecule has 4 rings (SSSR count). The standard InChI is InChI=1S/C43H44O8/c1-5-32(3)46-28-40(30-48-38-13-9-7-10-14-38)50-42(44)26-36-21-17-34(18-22-36)25-35-19-23-37(24-20-35)27-43(45)51-41(29-47-33(4)6-2)31-49-39-15-11-8-12-16-39/h5-24,40-41H,1-4,25-31H2. The van der Waals surface area contributed by atoms with Gasteiger partial charge < -0.3 is 28.4 Å². The minimum atomic E-state index is -0.634. The molecular weight excluding hydrogens is 644 g/mol. The van der Waals surface area contributed by atoms with Gasteiger partial charge in [0.25, 0.3) is 0 Å². The Bertz CT molecular complexity index is 1580. The Labute approximate surface area is 300 Å². The summed E-state index contributed by atoms with van der Waals surface area (Å²) in [5.74, 6) is 1.32. The highest BCUT2D eigenvalue weighted by atomic mass is 16.6. The summed E-state index contributed by atoms with van der Waals surface area (Å²) in [6.07, 6.45) is 2.60. The number of benzene rings is 4. The highest BCUT2D eigenvalue weighted by Gasteiger charge is 2.19. The van der Waals surface area contributed by atoms with Crippen LogP contribution in [0.25, 0.3) is 0 Å². The Kier molecular flexibility index (Phi) is 15.2. The molecule has 8 nitrogen and oxygen atoms in total. The molecule has 0 saturated carbocycles. The number of rotatable bonds is 22. The number of carbonyl (C=O) groups is 2. The van der Waals surface area contributed by atoms with Crippen LogP contribution in [-0.4, -0.2) is 50.6 Å². The molecule has 2 unspecified atom stereocenters. The summed E-state index contributed by atoms with van der Waals surface area (Å²) in [5.41, 5.74) is 3.80.